The molecule has 0 bridgehead atoms. The third kappa shape index (κ3) is 2.62. The van der Waals surface area contributed by atoms with Gasteiger partial charge in [-0.05, 0) is 48.7 Å². The summed E-state index contributed by atoms with van der Waals surface area (Å²) in [7, 11) is 0. The van der Waals surface area contributed by atoms with Gasteiger partial charge in [0.2, 0.25) is 0 Å². The minimum absolute atomic E-state index is 0.374. The smallest absolute Gasteiger partial charge is 0.0487 e. The van der Waals surface area contributed by atoms with Gasteiger partial charge in [-0.15, -0.1) is 11.3 Å². The van der Waals surface area contributed by atoms with Crippen molar-refractivity contribution in [1.29, 1.82) is 0 Å². The Bertz CT molecular complexity index is 563. The Morgan fingerprint density at radius 1 is 1.30 bits per heavy atom. The Morgan fingerprint density at radius 2 is 2.15 bits per heavy atom. The zero-order valence-corrected chi connectivity index (χ0v) is 13.0. The van der Waals surface area contributed by atoms with E-state index in [0.29, 0.717) is 18.6 Å². The van der Waals surface area contributed by atoms with Crippen molar-refractivity contribution in [2.45, 2.75) is 44.7 Å². The van der Waals surface area contributed by atoms with Crippen LogP contribution in [0.2, 0.25) is 0 Å². The van der Waals surface area contributed by atoms with Crippen LogP contribution < -0.4 is 5.73 Å². The third-order valence-corrected chi connectivity index (χ3v) is 5.58. The summed E-state index contributed by atoms with van der Waals surface area (Å²) in [6.45, 7) is 4.26. The molecule has 1 aliphatic rings. The third-order valence-electron chi connectivity index (χ3n) is 4.60. The highest BCUT2D eigenvalue weighted by Gasteiger charge is 2.26. The monoisotopic (exact) mass is 288 g/mol. The number of thiophene rings is 1. The molecular formula is C17H24N2S. The average molecular weight is 288 g/mol. The standard InChI is InChI=1S/C17H24N2S/c1-13-7-3-2-6-10-19(13)16(11-18)15-12-20-17-9-5-4-8-14(15)17/h4-5,8-9,12-13,16H,2-3,6-7,10-11,18H2,1H3. The highest BCUT2D eigenvalue weighted by atomic mass is 32.1. The van der Waals surface area contributed by atoms with Crippen LogP contribution >= 0.6 is 11.3 Å². The summed E-state index contributed by atoms with van der Waals surface area (Å²) < 4.78 is 1.38. The fraction of sp³-hybridized carbons (Fsp3) is 0.529. The number of likely N-dealkylation sites (tertiary alicyclic amines) is 1. The van der Waals surface area contributed by atoms with Crippen molar-refractivity contribution in [3.8, 4) is 0 Å². The van der Waals surface area contributed by atoms with Gasteiger partial charge in [-0.2, -0.15) is 0 Å². The van der Waals surface area contributed by atoms with Crippen molar-refractivity contribution in [2.24, 2.45) is 5.73 Å². The lowest BCUT2D eigenvalue weighted by Gasteiger charge is -2.34. The summed E-state index contributed by atoms with van der Waals surface area (Å²) in [6, 6.07) is 9.73. The molecule has 1 aromatic carbocycles. The van der Waals surface area contributed by atoms with E-state index in [1.165, 1.54) is 47.9 Å². The van der Waals surface area contributed by atoms with E-state index >= 15 is 0 Å². The lowest BCUT2D eigenvalue weighted by molar-refractivity contribution is 0.152. The fourth-order valence-corrected chi connectivity index (χ4v) is 4.47. The maximum absolute atomic E-state index is 6.16. The fourth-order valence-electron chi connectivity index (χ4n) is 3.46. The Morgan fingerprint density at radius 3 is 3.00 bits per heavy atom. The summed E-state index contributed by atoms with van der Waals surface area (Å²) in [5, 5.41) is 3.71. The van der Waals surface area contributed by atoms with Crippen molar-refractivity contribution >= 4 is 21.4 Å². The van der Waals surface area contributed by atoms with E-state index in [1.54, 1.807) is 0 Å². The van der Waals surface area contributed by atoms with E-state index in [-0.39, 0.29) is 0 Å². The van der Waals surface area contributed by atoms with Crippen LogP contribution in [0.25, 0.3) is 10.1 Å². The van der Waals surface area contributed by atoms with Crippen LogP contribution in [0.1, 0.15) is 44.2 Å². The zero-order chi connectivity index (χ0) is 13.9. The predicted octanol–water partition coefficient (Wildman–Crippen LogP) is 4.17. The lowest BCUT2D eigenvalue weighted by Crippen LogP contribution is -2.39. The van der Waals surface area contributed by atoms with Gasteiger partial charge in [-0.1, -0.05) is 31.0 Å². The number of rotatable bonds is 3. The Balaban J connectivity index is 1.96. The van der Waals surface area contributed by atoms with Crippen molar-refractivity contribution in [3.05, 3.63) is 35.2 Å². The molecule has 3 heteroatoms. The zero-order valence-electron chi connectivity index (χ0n) is 12.2. The van der Waals surface area contributed by atoms with E-state index in [2.05, 4.69) is 41.5 Å². The van der Waals surface area contributed by atoms with Crippen LogP contribution in [0.5, 0.6) is 0 Å². The molecule has 0 aliphatic carbocycles. The highest BCUT2D eigenvalue weighted by Crippen LogP contribution is 2.35. The first kappa shape index (κ1) is 14.1. The molecule has 0 saturated carbocycles. The molecular weight excluding hydrogens is 264 g/mol. The molecule has 1 aliphatic heterocycles. The van der Waals surface area contributed by atoms with Gasteiger partial charge in [-0.25, -0.2) is 0 Å². The van der Waals surface area contributed by atoms with Crippen LogP contribution in [0.3, 0.4) is 0 Å². The van der Waals surface area contributed by atoms with E-state index < -0.39 is 0 Å². The van der Waals surface area contributed by atoms with Crippen molar-refractivity contribution < 1.29 is 0 Å². The Labute approximate surface area is 125 Å². The number of nitrogens with two attached hydrogens (primary N) is 1. The molecule has 108 valence electrons. The van der Waals surface area contributed by atoms with Gasteiger partial charge in [0.05, 0.1) is 0 Å². The van der Waals surface area contributed by atoms with Gasteiger partial charge in [0.25, 0.3) is 0 Å². The van der Waals surface area contributed by atoms with Gasteiger partial charge < -0.3 is 5.73 Å². The normalized spacial score (nSPS) is 22.8. The number of benzene rings is 1. The molecule has 1 saturated heterocycles. The Kier molecular flexibility index (Phi) is 4.39. The van der Waals surface area contributed by atoms with Gasteiger partial charge in [0.1, 0.15) is 0 Å². The first-order valence-corrected chi connectivity index (χ1v) is 8.61. The minimum atomic E-state index is 0.374. The van der Waals surface area contributed by atoms with E-state index in [1.807, 2.05) is 11.3 Å². The van der Waals surface area contributed by atoms with Crippen LogP contribution in [-0.2, 0) is 0 Å². The second-order valence-corrected chi connectivity index (χ2v) is 6.79. The number of hydrogen-bond acceptors (Lipinski definition) is 3. The molecule has 1 fully saturated rings. The summed E-state index contributed by atoms with van der Waals surface area (Å²) in [5.41, 5.74) is 7.59. The second kappa shape index (κ2) is 6.25. The van der Waals surface area contributed by atoms with Gasteiger partial charge in [0.15, 0.2) is 0 Å². The van der Waals surface area contributed by atoms with Crippen LogP contribution in [-0.4, -0.2) is 24.0 Å². The number of fused-ring (bicyclic) bond motifs is 1. The summed E-state index contributed by atoms with van der Waals surface area (Å²) in [5.74, 6) is 0. The molecule has 2 nitrogen and oxygen atoms in total. The van der Waals surface area contributed by atoms with Gasteiger partial charge in [0, 0.05) is 23.3 Å². The van der Waals surface area contributed by atoms with Crippen molar-refractivity contribution in [2.75, 3.05) is 13.1 Å². The summed E-state index contributed by atoms with van der Waals surface area (Å²) in [6.07, 6.45) is 5.34. The van der Waals surface area contributed by atoms with Crippen LogP contribution in [0.4, 0.5) is 0 Å². The van der Waals surface area contributed by atoms with Crippen LogP contribution in [0, 0.1) is 0 Å². The topological polar surface area (TPSA) is 29.3 Å². The minimum Gasteiger partial charge on any atom is -0.329 e. The number of hydrogen-bond donors (Lipinski definition) is 1. The van der Waals surface area contributed by atoms with Gasteiger partial charge >= 0.3 is 0 Å². The largest absolute Gasteiger partial charge is 0.329 e. The summed E-state index contributed by atoms with van der Waals surface area (Å²) in [4.78, 5) is 2.64. The van der Waals surface area contributed by atoms with Crippen LogP contribution in [0.15, 0.2) is 29.6 Å². The first-order chi connectivity index (χ1) is 9.81. The molecule has 0 spiro atoms. The van der Waals surface area contributed by atoms with E-state index in [9.17, 15) is 0 Å². The van der Waals surface area contributed by atoms with Crippen molar-refractivity contribution in [3.63, 3.8) is 0 Å². The predicted molar refractivity (Wildman–Crippen MR) is 88.3 cm³/mol. The first-order valence-electron chi connectivity index (χ1n) is 7.73. The van der Waals surface area contributed by atoms with E-state index in [4.69, 9.17) is 5.73 Å². The molecule has 0 radical (unpaired) electrons. The lowest BCUT2D eigenvalue weighted by atomic mass is 10.0. The molecule has 0 amide bonds. The van der Waals surface area contributed by atoms with Crippen molar-refractivity contribution in [1.82, 2.24) is 4.90 Å². The number of nitrogens with zero attached hydrogens (tertiary/aromatic N) is 1. The SMILES string of the molecule is CC1CCCCCN1C(CN)c1csc2ccccc12. The van der Waals surface area contributed by atoms with Gasteiger partial charge in [-0.3, -0.25) is 4.90 Å². The quantitative estimate of drug-likeness (QED) is 0.918. The molecule has 20 heavy (non-hydrogen) atoms. The molecule has 3 rings (SSSR count). The summed E-state index contributed by atoms with van der Waals surface area (Å²) >= 11 is 1.85. The highest BCUT2D eigenvalue weighted by molar-refractivity contribution is 7.17. The molecule has 2 N–H and O–H groups in total. The van der Waals surface area contributed by atoms with E-state index in [0.717, 1.165) is 0 Å². The maximum atomic E-state index is 6.16. The molecule has 2 atom stereocenters. The maximum Gasteiger partial charge on any atom is 0.0487 e. The molecule has 1 aromatic heterocycles. The molecule has 2 heterocycles. The molecule has 2 aromatic rings. The average Bonchev–Trinajstić information content (AvgIpc) is 2.78. The Hall–Kier alpha value is -0.900. The molecule has 2 unspecified atom stereocenters. The second-order valence-electron chi connectivity index (χ2n) is 5.87.